The number of ether oxygens (including phenoxy) is 3. The SMILES string of the molecule is COc1ccc(OC)c(NC(N)=NCCOc2ccccc2)c1. The molecule has 0 aromatic heterocycles. The lowest BCUT2D eigenvalue weighted by atomic mass is 10.2. The Hall–Kier alpha value is -2.89. The first-order chi connectivity index (χ1) is 11.2. The van der Waals surface area contributed by atoms with Crippen molar-refractivity contribution in [2.24, 2.45) is 10.7 Å². The van der Waals surface area contributed by atoms with Gasteiger partial charge in [0.15, 0.2) is 5.96 Å². The standard InChI is InChI=1S/C17H21N3O3/c1-21-14-8-9-16(22-2)15(12-14)20-17(18)19-10-11-23-13-6-4-3-5-7-13/h3-9,12H,10-11H2,1-2H3,(H3,18,19,20). The van der Waals surface area contributed by atoms with Crippen LogP contribution in [0.1, 0.15) is 0 Å². The molecule has 6 nitrogen and oxygen atoms in total. The molecule has 2 aromatic carbocycles. The van der Waals surface area contributed by atoms with Crippen molar-refractivity contribution in [2.45, 2.75) is 0 Å². The third kappa shape index (κ3) is 5.10. The number of guanidine groups is 1. The minimum absolute atomic E-state index is 0.285. The number of hydrogen-bond acceptors (Lipinski definition) is 4. The molecule has 0 unspecified atom stereocenters. The quantitative estimate of drug-likeness (QED) is 0.466. The summed E-state index contributed by atoms with van der Waals surface area (Å²) < 4.78 is 16.0. The van der Waals surface area contributed by atoms with Crippen molar-refractivity contribution in [1.82, 2.24) is 0 Å². The van der Waals surface area contributed by atoms with Crippen LogP contribution in [0.4, 0.5) is 5.69 Å². The van der Waals surface area contributed by atoms with E-state index in [1.807, 2.05) is 36.4 Å². The minimum Gasteiger partial charge on any atom is -0.497 e. The van der Waals surface area contributed by atoms with Gasteiger partial charge < -0.3 is 25.3 Å². The summed E-state index contributed by atoms with van der Waals surface area (Å²) in [6.45, 7) is 0.891. The number of nitrogens with one attached hydrogen (secondary N) is 1. The van der Waals surface area contributed by atoms with E-state index >= 15 is 0 Å². The van der Waals surface area contributed by atoms with Crippen LogP contribution in [0.15, 0.2) is 53.5 Å². The number of nitrogens with two attached hydrogens (primary N) is 1. The molecule has 0 atom stereocenters. The molecule has 0 aliphatic heterocycles. The van der Waals surface area contributed by atoms with E-state index in [4.69, 9.17) is 19.9 Å². The van der Waals surface area contributed by atoms with Gasteiger partial charge in [-0.05, 0) is 24.3 Å². The molecule has 23 heavy (non-hydrogen) atoms. The van der Waals surface area contributed by atoms with Gasteiger partial charge in [0.25, 0.3) is 0 Å². The number of hydrogen-bond donors (Lipinski definition) is 2. The molecule has 6 heteroatoms. The number of methoxy groups -OCH3 is 2. The summed E-state index contributed by atoms with van der Waals surface area (Å²) in [5.74, 6) is 2.45. The summed E-state index contributed by atoms with van der Waals surface area (Å²) in [7, 11) is 3.19. The topological polar surface area (TPSA) is 78.1 Å². The van der Waals surface area contributed by atoms with E-state index in [9.17, 15) is 0 Å². The van der Waals surface area contributed by atoms with Gasteiger partial charge >= 0.3 is 0 Å². The van der Waals surface area contributed by atoms with Gasteiger partial charge in [-0.3, -0.25) is 0 Å². The monoisotopic (exact) mass is 315 g/mol. The number of nitrogens with zero attached hydrogens (tertiary/aromatic N) is 1. The highest BCUT2D eigenvalue weighted by atomic mass is 16.5. The normalized spacial score (nSPS) is 11.0. The predicted octanol–water partition coefficient (Wildman–Crippen LogP) is 2.51. The van der Waals surface area contributed by atoms with Gasteiger partial charge in [-0.15, -0.1) is 0 Å². The molecule has 0 aliphatic carbocycles. The third-order valence-electron chi connectivity index (χ3n) is 3.05. The second-order valence-corrected chi connectivity index (χ2v) is 4.62. The summed E-state index contributed by atoms with van der Waals surface area (Å²) in [5.41, 5.74) is 6.58. The Kier molecular flexibility index (Phi) is 6.11. The zero-order chi connectivity index (χ0) is 16.5. The molecule has 0 aliphatic rings. The number of anilines is 1. The lowest BCUT2D eigenvalue weighted by Crippen LogP contribution is -2.24. The Bertz CT molecular complexity index is 645. The van der Waals surface area contributed by atoms with Crippen molar-refractivity contribution in [3.63, 3.8) is 0 Å². The molecule has 3 N–H and O–H groups in total. The van der Waals surface area contributed by atoms with Crippen LogP contribution in [0.3, 0.4) is 0 Å². The van der Waals surface area contributed by atoms with E-state index in [2.05, 4.69) is 10.3 Å². The maximum absolute atomic E-state index is 5.89. The number of aliphatic imine (C=N–C) groups is 1. The van der Waals surface area contributed by atoms with E-state index in [1.165, 1.54) is 0 Å². The molecule has 0 amide bonds. The fourth-order valence-electron chi connectivity index (χ4n) is 1.94. The van der Waals surface area contributed by atoms with Crippen LogP contribution in [0, 0.1) is 0 Å². The summed E-state index contributed by atoms with van der Waals surface area (Å²) in [4.78, 5) is 4.23. The van der Waals surface area contributed by atoms with Gasteiger partial charge in [0.05, 0.1) is 26.5 Å². The first kappa shape index (κ1) is 16.5. The van der Waals surface area contributed by atoms with E-state index in [0.717, 1.165) is 5.75 Å². The average Bonchev–Trinajstić information content (AvgIpc) is 2.59. The van der Waals surface area contributed by atoms with E-state index < -0.39 is 0 Å². The van der Waals surface area contributed by atoms with E-state index in [-0.39, 0.29) is 5.96 Å². The molecule has 2 rings (SSSR count). The van der Waals surface area contributed by atoms with Gasteiger partial charge in [-0.2, -0.15) is 0 Å². The van der Waals surface area contributed by atoms with Gasteiger partial charge in [-0.25, -0.2) is 4.99 Å². The number of para-hydroxylation sites is 1. The summed E-state index contributed by atoms with van der Waals surface area (Å²) >= 11 is 0. The molecular weight excluding hydrogens is 294 g/mol. The van der Waals surface area contributed by atoms with Crippen LogP contribution in [0.2, 0.25) is 0 Å². The zero-order valence-electron chi connectivity index (χ0n) is 13.3. The van der Waals surface area contributed by atoms with Gasteiger partial charge in [0.1, 0.15) is 23.9 Å². The summed E-state index contributed by atoms with van der Waals surface area (Å²) in [6.07, 6.45) is 0. The molecule has 0 saturated heterocycles. The van der Waals surface area contributed by atoms with Crippen molar-refractivity contribution in [1.29, 1.82) is 0 Å². The smallest absolute Gasteiger partial charge is 0.193 e. The summed E-state index contributed by atoms with van der Waals surface area (Å²) in [5, 5.41) is 3.00. The zero-order valence-corrected chi connectivity index (χ0v) is 13.3. The molecule has 0 radical (unpaired) electrons. The van der Waals surface area contributed by atoms with Crippen molar-refractivity contribution >= 4 is 11.6 Å². The molecule has 2 aromatic rings. The molecule has 0 saturated carbocycles. The minimum atomic E-state index is 0.285. The summed E-state index contributed by atoms with van der Waals surface area (Å²) in [6, 6.07) is 15.0. The molecule has 0 fully saturated rings. The number of benzene rings is 2. The number of rotatable bonds is 7. The van der Waals surface area contributed by atoms with Crippen LogP contribution >= 0.6 is 0 Å². The molecule has 122 valence electrons. The van der Waals surface area contributed by atoms with Crippen LogP contribution in [0.25, 0.3) is 0 Å². The predicted molar refractivity (Wildman–Crippen MR) is 91.6 cm³/mol. The molecular formula is C17H21N3O3. The van der Waals surface area contributed by atoms with Crippen molar-refractivity contribution < 1.29 is 14.2 Å². The lowest BCUT2D eigenvalue weighted by molar-refractivity contribution is 0.329. The second kappa shape index (κ2) is 8.53. The Labute approximate surface area is 135 Å². The first-order valence-electron chi connectivity index (χ1n) is 7.19. The Morgan fingerprint density at radius 3 is 2.52 bits per heavy atom. The Balaban J connectivity index is 1.89. The second-order valence-electron chi connectivity index (χ2n) is 4.62. The Morgan fingerprint density at radius 2 is 1.83 bits per heavy atom. The van der Waals surface area contributed by atoms with Gasteiger partial charge in [0.2, 0.25) is 0 Å². The molecule has 0 spiro atoms. The highest BCUT2D eigenvalue weighted by molar-refractivity contribution is 5.94. The average molecular weight is 315 g/mol. The van der Waals surface area contributed by atoms with E-state index in [0.29, 0.717) is 30.3 Å². The highest BCUT2D eigenvalue weighted by Crippen LogP contribution is 2.28. The van der Waals surface area contributed by atoms with Crippen molar-refractivity contribution in [3.8, 4) is 17.2 Å². The third-order valence-corrected chi connectivity index (χ3v) is 3.05. The van der Waals surface area contributed by atoms with Crippen LogP contribution in [-0.2, 0) is 0 Å². The Morgan fingerprint density at radius 1 is 1.04 bits per heavy atom. The van der Waals surface area contributed by atoms with Gasteiger partial charge in [0, 0.05) is 6.07 Å². The highest BCUT2D eigenvalue weighted by Gasteiger charge is 2.05. The maximum atomic E-state index is 5.89. The van der Waals surface area contributed by atoms with Crippen LogP contribution in [-0.4, -0.2) is 33.3 Å². The van der Waals surface area contributed by atoms with Crippen molar-refractivity contribution in [3.05, 3.63) is 48.5 Å². The fourth-order valence-corrected chi connectivity index (χ4v) is 1.94. The molecule has 0 bridgehead atoms. The van der Waals surface area contributed by atoms with Crippen molar-refractivity contribution in [2.75, 3.05) is 32.7 Å². The lowest BCUT2D eigenvalue weighted by Gasteiger charge is -2.12. The maximum Gasteiger partial charge on any atom is 0.193 e. The van der Waals surface area contributed by atoms with Crippen LogP contribution in [0.5, 0.6) is 17.2 Å². The fraction of sp³-hybridized carbons (Fsp3) is 0.235. The van der Waals surface area contributed by atoms with Crippen LogP contribution < -0.4 is 25.3 Å². The van der Waals surface area contributed by atoms with E-state index in [1.54, 1.807) is 26.4 Å². The molecule has 0 heterocycles. The van der Waals surface area contributed by atoms with Gasteiger partial charge in [-0.1, -0.05) is 18.2 Å². The largest absolute Gasteiger partial charge is 0.497 e. The first-order valence-corrected chi connectivity index (χ1v) is 7.19.